The van der Waals surface area contributed by atoms with E-state index < -0.39 is 0 Å². The second kappa shape index (κ2) is 10.7. The number of piperidine rings is 1. The number of methoxy groups -OCH3 is 1. The summed E-state index contributed by atoms with van der Waals surface area (Å²) in [6.07, 6.45) is 8.04. The van der Waals surface area contributed by atoms with Crippen LogP contribution in [0.3, 0.4) is 0 Å². The Hall–Kier alpha value is -2.43. The van der Waals surface area contributed by atoms with Gasteiger partial charge in [-0.25, -0.2) is 0 Å². The van der Waals surface area contributed by atoms with Crippen LogP contribution in [0.2, 0.25) is 0 Å². The van der Waals surface area contributed by atoms with Gasteiger partial charge in [0, 0.05) is 37.2 Å². The molecule has 0 bridgehead atoms. The Morgan fingerprint density at radius 2 is 1.84 bits per heavy atom. The van der Waals surface area contributed by atoms with Gasteiger partial charge in [0.1, 0.15) is 5.75 Å². The number of likely N-dealkylation sites (tertiary alicyclic amines) is 1. The number of Topliss-reactive ketones (excluding diaryl/α,β-unsaturated/α-hetero) is 1. The van der Waals surface area contributed by atoms with Crippen molar-refractivity contribution in [3.05, 3.63) is 77.4 Å². The molecule has 0 N–H and O–H groups in total. The van der Waals surface area contributed by atoms with Crippen LogP contribution in [-0.2, 0) is 22.7 Å². The van der Waals surface area contributed by atoms with E-state index >= 15 is 0 Å². The zero-order chi connectivity index (χ0) is 21.5. The number of hydrogen-bond acceptors (Lipinski definition) is 4. The van der Waals surface area contributed by atoms with E-state index in [2.05, 4.69) is 35.2 Å². The molecule has 0 amide bonds. The quantitative estimate of drug-likeness (QED) is 0.516. The number of carbonyl (C=O) groups excluding carboxylic acids is 1. The first-order chi connectivity index (χ1) is 15.2. The molecule has 1 aliphatic heterocycles. The molecule has 0 unspecified atom stereocenters. The molecule has 31 heavy (non-hydrogen) atoms. The van der Waals surface area contributed by atoms with Crippen LogP contribution >= 0.6 is 0 Å². The zero-order valence-electron chi connectivity index (χ0n) is 18.5. The number of rotatable bonds is 9. The van der Waals surface area contributed by atoms with E-state index in [1.165, 1.54) is 11.1 Å². The molecule has 4 rings (SSSR count). The Labute approximate surface area is 185 Å². The van der Waals surface area contributed by atoms with Gasteiger partial charge in [-0.2, -0.15) is 0 Å². The summed E-state index contributed by atoms with van der Waals surface area (Å²) >= 11 is 0. The van der Waals surface area contributed by atoms with Gasteiger partial charge in [0.15, 0.2) is 5.78 Å². The minimum atomic E-state index is 0.257. The minimum Gasteiger partial charge on any atom is -0.497 e. The van der Waals surface area contributed by atoms with Crippen molar-refractivity contribution >= 4 is 5.78 Å². The molecular weight excluding hydrogens is 386 g/mol. The molecular formula is C27H33NO3. The number of allylic oxidation sites excluding steroid dienone is 1. The van der Waals surface area contributed by atoms with E-state index in [1.807, 2.05) is 30.3 Å². The van der Waals surface area contributed by atoms with Crippen LogP contribution in [0, 0.1) is 0 Å². The highest BCUT2D eigenvalue weighted by molar-refractivity contribution is 5.98. The average Bonchev–Trinajstić information content (AvgIpc) is 2.82. The molecule has 4 heteroatoms. The van der Waals surface area contributed by atoms with Crippen LogP contribution in [0.15, 0.2) is 66.2 Å². The van der Waals surface area contributed by atoms with Crippen molar-refractivity contribution in [2.75, 3.05) is 13.7 Å². The lowest BCUT2D eigenvalue weighted by Crippen LogP contribution is -2.51. The summed E-state index contributed by atoms with van der Waals surface area (Å²) in [6.45, 7) is 2.24. The number of nitrogens with zero attached hydrogens (tertiary/aromatic N) is 1. The van der Waals surface area contributed by atoms with E-state index in [9.17, 15) is 4.79 Å². The molecule has 2 aromatic rings. The van der Waals surface area contributed by atoms with Gasteiger partial charge in [0.05, 0.1) is 13.7 Å². The van der Waals surface area contributed by atoms with Crippen molar-refractivity contribution < 1.29 is 14.3 Å². The fraction of sp³-hybridized carbons (Fsp3) is 0.444. The van der Waals surface area contributed by atoms with Crippen LogP contribution in [-0.4, -0.2) is 36.5 Å². The summed E-state index contributed by atoms with van der Waals surface area (Å²) in [7, 11) is 1.69. The monoisotopic (exact) mass is 419 g/mol. The lowest BCUT2D eigenvalue weighted by Gasteiger charge is -2.44. The van der Waals surface area contributed by atoms with E-state index in [0.29, 0.717) is 18.8 Å². The first-order valence-electron chi connectivity index (χ1n) is 11.5. The molecule has 1 heterocycles. The summed E-state index contributed by atoms with van der Waals surface area (Å²) < 4.78 is 11.2. The maximum atomic E-state index is 12.9. The van der Waals surface area contributed by atoms with Gasteiger partial charge in [-0.3, -0.25) is 9.69 Å². The van der Waals surface area contributed by atoms with Crippen LogP contribution in [0.4, 0.5) is 0 Å². The van der Waals surface area contributed by atoms with Crippen molar-refractivity contribution in [2.24, 2.45) is 0 Å². The molecule has 0 aromatic heterocycles. The summed E-state index contributed by atoms with van der Waals surface area (Å²) in [5.41, 5.74) is 3.52. The first-order valence-corrected chi connectivity index (χ1v) is 11.5. The Kier molecular flexibility index (Phi) is 7.55. The molecule has 2 aliphatic rings. The largest absolute Gasteiger partial charge is 0.497 e. The highest BCUT2D eigenvalue weighted by atomic mass is 16.5. The predicted octanol–water partition coefficient (Wildman–Crippen LogP) is 5.31. The molecule has 164 valence electrons. The standard InChI is InChI=1S/C27H33NO3/c1-30-24-15-13-21(14-16-24)19-28-23(18-27(29)25-11-5-6-12-26(25)28)10-7-17-31-20-22-8-3-2-4-9-22/h2-4,8-9,11,13-16,23,26H,5-7,10,12,17-20H2,1H3/t23-,26-/m0/s1. The topological polar surface area (TPSA) is 38.8 Å². The maximum absolute atomic E-state index is 12.9. The van der Waals surface area contributed by atoms with Gasteiger partial charge in [0.25, 0.3) is 0 Å². The van der Waals surface area contributed by atoms with E-state index in [4.69, 9.17) is 9.47 Å². The zero-order valence-corrected chi connectivity index (χ0v) is 18.5. The average molecular weight is 420 g/mol. The van der Waals surface area contributed by atoms with Crippen LogP contribution in [0.1, 0.15) is 49.7 Å². The summed E-state index contributed by atoms with van der Waals surface area (Å²) in [4.78, 5) is 15.4. The first kappa shape index (κ1) is 21.8. The van der Waals surface area contributed by atoms with Crippen molar-refractivity contribution in [3.8, 4) is 5.75 Å². The highest BCUT2D eigenvalue weighted by Crippen LogP contribution is 2.35. The van der Waals surface area contributed by atoms with Gasteiger partial charge >= 0.3 is 0 Å². The van der Waals surface area contributed by atoms with Gasteiger partial charge in [-0.15, -0.1) is 0 Å². The number of fused-ring (bicyclic) bond motifs is 1. The second-order valence-electron chi connectivity index (χ2n) is 8.59. The van der Waals surface area contributed by atoms with E-state index in [0.717, 1.165) is 56.6 Å². The van der Waals surface area contributed by atoms with Crippen molar-refractivity contribution in [2.45, 2.75) is 63.8 Å². The van der Waals surface area contributed by atoms with E-state index in [-0.39, 0.29) is 12.1 Å². The smallest absolute Gasteiger partial charge is 0.161 e. The van der Waals surface area contributed by atoms with Crippen LogP contribution < -0.4 is 4.74 Å². The SMILES string of the molecule is COc1ccc(CN2[C@@H](CCCOCc3ccccc3)CC(=O)C3=CCCC[C@@H]32)cc1. The molecule has 2 aromatic carbocycles. The fourth-order valence-electron chi connectivity index (χ4n) is 4.84. The Balaban J connectivity index is 1.38. The second-order valence-corrected chi connectivity index (χ2v) is 8.59. The summed E-state index contributed by atoms with van der Waals surface area (Å²) in [6, 6.07) is 19.1. The van der Waals surface area contributed by atoms with Crippen molar-refractivity contribution in [1.29, 1.82) is 0 Å². The lowest BCUT2D eigenvalue weighted by atomic mass is 9.81. The normalized spacial score (nSPS) is 21.5. The molecule has 0 spiro atoms. The third-order valence-electron chi connectivity index (χ3n) is 6.48. The molecule has 1 saturated heterocycles. The summed E-state index contributed by atoms with van der Waals surface area (Å²) in [5.74, 6) is 1.23. The van der Waals surface area contributed by atoms with Gasteiger partial charge in [-0.1, -0.05) is 48.5 Å². The van der Waals surface area contributed by atoms with Crippen LogP contribution in [0.25, 0.3) is 0 Å². The number of hydrogen-bond donors (Lipinski definition) is 0. The van der Waals surface area contributed by atoms with Crippen molar-refractivity contribution in [3.63, 3.8) is 0 Å². The number of ether oxygens (including phenoxy) is 2. The molecule has 1 fully saturated rings. The lowest BCUT2D eigenvalue weighted by molar-refractivity contribution is -0.120. The third-order valence-corrected chi connectivity index (χ3v) is 6.48. The van der Waals surface area contributed by atoms with E-state index in [1.54, 1.807) is 7.11 Å². The minimum absolute atomic E-state index is 0.257. The maximum Gasteiger partial charge on any atom is 0.161 e. The molecule has 0 radical (unpaired) electrons. The van der Waals surface area contributed by atoms with Crippen molar-refractivity contribution in [1.82, 2.24) is 4.90 Å². The number of carbonyl (C=O) groups is 1. The Bertz CT molecular complexity index is 875. The van der Waals surface area contributed by atoms with Gasteiger partial charge in [-0.05, 0) is 55.4 Å². The summed E-state index contributed by atoms with van der Waals surface area (Å²) in [5, 5.41) is 0. The van der Waals surface area contributed by atoms with Crippen LogP contribution in [0.5, 0.6) is 5.75 Å². The fourth-order valence-corrected chi connectivity index (χ4v) is 4.84. The number of ketones is 1. The Morgan fingerprint density at radius 1 is 1.03 bits per heavy atom. The van der Waals surface area contributed by atoms with Gasteiger partial charge < -0.3 is 9.47 Å². The highest BCUT2D eigenvalue weighted by Gasteiger charge is 2.38. The molecule has 2 atom stereocenters. The molecule has 4 nitrogen and oxygen atoms in total. The number of benzene rings is 2. The predicted molar refractivity (Wildman–Crippen MR) is 123 cm³/mol. The van der Waals surface area contributed by atoms with Gasteiger partial charge in [0.2, 0.25) is 0 Å². The molecule has 0 saturated carbocycles. The third kappa shape index (κ3) is 5.63. The Morgan fingerprint density at radius 3 is 2.61 bits per heavy atom. The molecule has 1 aliphatic carbocycles.